The van der Waals surface area contributed by atoms with Gasteiger partial charge in [0.2, 0.25) is 0 Å². The van der Waals surface area contributed by atoms with E-state index < -0.39 is 0 Å². The predicted octanol–water partition coefficient (Wildman–Crippen LogP) is 2.97. The van der Waals surface area contributed by atoms with Gasteiger partial charge in [0, 0.05) is 30.9 Å². The summed E-state index contributed by atoms with van der Waals surface area (Å²) in [6.07, 6.45) is 1.13. The Kier molecular flexibility index (Phi) is 4.68. The van der Waals surface area contributed by atoms with E-state index in [1.807, 2.05) is 13.8 Å². The van der Waals surface area contributed by atoms with E-state index in [0.717, 1.165) is 37.5 Å². The highest BCUT2D eigenvalue weighted by Crippen LogP contribution is 2.26. The van der Waals surface area contributed by atoms with Crippen LogP contribution in [0.1, 0.15) is 28.1 Å². The van der Waals surface area contributed by atoms with Crippen LogP contribution in [0.4, 0.5) is 5.69 Å². The largest absolute Gasteiger partial charge is 0.384 e. The number of aryl methyl sites for hydroxylation is 2. The Hall–Kier alpha value is -1.52. The zero-order valence-electron chi connectivity index (χ0n) is 11.8. The van der Waals surface area contributed by atoms with E-state index in [1.54, 1.807) is 0 Å². The smallest absolute Gasteiger partial charge is 0.138 e. The highest BCUT2D eigenvalue weighted by molar-refractivity contribution is 5.85. The molecule has 20 heavy (non-hydrogen) atoms. The second-order valence-electron chi connectivity index (χ2n) is 5.03. The summed E-state index contributed by atoms with van der Waals surface area (Å²) >= 11 is 0. The lowest BCUT2D eigenvalue weighted by molar-refractivity contribution is 0.392. The van der Waals surface area contributed by atoms with Crippen LogP contribution in [0.3, 0.4) is 0 Å². The first-order valence-electron chi connectivity index (χ1n) is 6.73. The first kappa shape index (κ1) is 14.9. The first-order valence-corrected chi connectivity index (χ1v) is 6.73. The lowest BCUT2D eigenvalue weighted by atomic mass is 10.1. The Morgan fingerprint density at radius 1 is 1.30 bits per heavy atom. The molecule has 0 saturated carbocycles. The molecule has 1 aromatic carbocycles. The molecule has 2 heterocycles. The summed E-state index contributed by atoms with van der Waals surface area (Å²) in [6.45, 7) is 6.65. The maximum Gasteiger partial charge on any atom is 0.138 e. The summed E-state index contributed by atoms with van der Waals surface area (Å²) in [4.78, 5) is 0. The summed E-state index contributed by atoms with van der Waals surface area (Å²) in [5.74, 6) is 0.904. The number of fused-ring (bicyclic) bond motifs is 1. The number of aromatic nitrogens is 1. The van der Waals surface area contributed by atoms with Crippen LogP contribution in [0.5, 0.6) is 0 Å². The number of para-hydroxylation sites is 1. The number of nitrogens with one attached hydrogen (secondary N) is 2. The fourth-order valence-corrected chi connectivity index (χ4v) is 2.63. The van der Waals surface area contributed by atoms with E-state index in [1.165, 1.54) is 22.4 Å². The van der Waals surface area contributed by atoms with E-state index in [9.17, 15) is 0 Å². The van der Waals surface area contributed by atoms with E-state index in [2.05, 4.69) is 34.0 Å². The average Bonchev–Trinajstić information content (AvgIpc) is 3.00. The fourth-order valence-electron chi connectivity index (χ4n) is 2.63. The summed E-state index contributed by atoms with van der Waals surface area (Å²) in [5.41, 5.74) is 6.22. The molecule has 0 bridgehead atoms. The quantitative estimate of drug-likeness (QED) is 0.910. The zero-order chi connectivity index (χ0) is 13.2. The van der Waals surface area contributed by atoms with E-state index >= 15 is 0 Å². The van der Waals surface area contributed by atoms with Crippen LogP contribution >= 0.6 is 12.4 Å². The molecule has 1 aliphatic rings. The minimum Gasteiger partial charge on any atom is -0.384 e. The molecule has 0 amide bonds. The van der Waals surface area contributed by atoms with Gasteiger partial charge in [0.1, 0.15) is 5.76 Å². The lowest BCUT2D eigenvalue weighted by Gasteiger charge is -2.10. The molecule has 1 aliphatic heterocycles. The molecular weight excluding hydrogens is 274 g/mol. The van der Waals surface area contributed by atoms with Crippen LogP contribution in [0.2, 0.25) is 0 Å². The minimum atomic E-state index is 0. The van der Waals surface area contributed by atoms with Gasteiger partial charge in [-0.05, 0) is 31.4 Å². The van der Waals surface area contributed by atoms with Gasteiger partial charge in [0.05, 0.1) is 5.69 Å². The molecule has 2 aromatic rings. The summed E-state index contributed by atoms with van der Waals surface area (Å²) in [6, 6.07) is 6.52. The maximum atomic E-state index is 5.17. The summed E-state index contributed by atoms with van der Waals surface area (Å²) in [7, 11) is 0. The van der Waals surface area contributed by atoms with Crippen molar-refractivity contribution in [3.05, 3.63) is 46.3 Å². The average molecular weight is 294 g/mol. The van der Waals surface area contributed by atoms with E-state index in [0.29, 0.717) is 0 Å². The van der Waals surface area contributed by atoms with E-state index in [4.69, 9.17) is 4.52 Å². The van der Waals surface area contributed by atoms with Gasteiger partial charge in [-0.15, -0.1) is 12.4 Å². The second kappa shape index (κ2) is 6.29. The number of hydrogen-bond acceptors (Lipinski definition) is 4. The molecule has 0 aliphatic carbocycles. The highest BCUT2D eigenvalue weighted by Gasteiger charge is 2.13. The Morgan fingerprint density at radius 2 is 2.15 bits per heavy atom. The highest BCUT2D eigenvalue weighted by atomic mass is 35.5. The molecule has 2 N–H and O–H groups in total. The number of anilines is 1. The van der Waals surface area contributed by atoms with E-state index in [-0.39, 0.29) is 12.4 Å². The van der Waals surface area contributed by atoms with Crippen LogP contribution in [0.15, 0.2) is 22.7 Å². The molecule has 0 unspecified atom stereocenters. The zero-order valence-corrected chi connectivity index (χ0v) is 12.6. The summed E-state index contributed by atoms with van der Waals surface area (Å²) < 4.78 is 5.17. The van der Waals surface area contributed by atoms with Gasteiger partial charge in [0.15, 0.2) is 0 Å². The van der Waals surface area contributed by atoms with Gasteiger partial charge in [0.25, 0.3) is 0 Å². The van der Waals surface area contributed by atoms with Crippen LogP contribution in [0.25, 0.3) is 0 Å². The Morgan fingerprint density at radius 3 is 2.90 bits per heavy atom. The normalized spacial score (nSPS) is 12.7. The number of hydrogen-bond donors (Lipinski definition) is 2. The van der Waals surface area contributed by atoms with Crippen molar-refractivity contribution in [2.45, 2.75) is 33.4 Å². The number of rotatable bonds is 4. The third kappa shape index (κ3) is 2.81. The van der Waals surface area contributed by atoms with Gasteiger partial charge in [-0.3, -0.25) is 0 Å². The fraction of sp³-hybridized carbons (Fsp3) is 0.400. The monoisotopic (exact) mass is 293 g/mol. The van der Waals surface area contributed by atoms with Gasteiger partial charge >= 0.3 is 0 Å². The molecule has 3 rings (SSSR count). The van der Waals surface area contributed by atoms with Gasteiger partial charge in [-0.25, -0.2) is 0 Å². The number of halogens is 1. The van der Waals surface area contributed by atoms with Crippen molar-refractivity contribution in [1.82, 2.24) is 10.5 Å². The number of benzene rings is 1. The molecule has 0 atom stereocenters. The standard InChI is InChI=1S/C15H19N3O.ClH/c1-10-14(11(2)19-18-10)9-16-8-13-5-3-4-12-6-7-17-15(12)13;/h3-5,16-17H,6-9H2,1-2H3;1H. The number of nitrogens with zero attached hydrogens (tertiary/aromatic N) is 1. The molecule has 5 heteroatoms. The Bertz CT molecular complexity index is 575. The van der Waals surface area contributed by atoms with Gasteiger partial charge < -0.3 is 15.2 Å². The van der Waals surface area contributed by atoms with Crippen LogP contribution in [-0.4, -0.2) is 11.7 Å². The Labute approximate surface area is 125 Å². The third-order valence-electron chi connectivity index (χ3n) is 3.73. The van der Waals surface area contributed by atoms with Gasteiger partial charge in [-0.1, -0.05) is 23.4 Å². The topological polar surface area (TPSA) is 50.1 Å². The lowest BCUT2D eigenvalue weighted by Crippen LogP contribution is -2.14. The molecule has 0 radical (unpaired) electrons. The van der Waals surface area contributed by atoms with Crippen molar-refractivity contribution in [3.63, 3.8) is 0 Å². The van der Waals surface area contributed by atoms with Crippen molar-refractivity contribution in [2.75, 3.05) is 11.9 Å². The van der Waals surface area contributed by atoms with Crippen LogP contribution < -0.4 is 10.6 Å². The van der Waals surface area contributed by atoms with Crippen molar-refractivity contribution < 1.29 is 4.52 Å². The molecule has 4 nitrogen and oxygen atoms in total. The van der Waals surface area contributed by atoms with Crippen molar-refractivity contribution >= 4 is 18.1 Å². The summed E-state index contributed by atoms with van der Waals surface area (Å²) in [5, 5.41) is 10.9. The predicted molar refractivity (Wildman–Crippen MR) is 82.4 cm³/mol. The third-order valence-corrected chi connectivity index (χ3v) is 3.73. The second-order valence-corrected chi connectivity index (χ2v) is 5.03. The molecule has 0 saturated heterocycles. The maximum absolute atomic E-state index is 5.17. The molecule has 0 spiro atoms. The molecular formula is C15H20ClN3O. The SMILES string of the molecule is Cc1noc(C)c1CNCc1cccc2c1NCC2.Cl. The van der Waals surface area contributed by atoms with Crippen LogP contribution in [-0.2, 0) is 19.5 Å². The van der Waals surface area contributed by atoms with Crippen LogP contribution in [0, 0.1) is 13.8 Å². The minimum absolute atomic E-state index is 0. The molecule has 1 aromatic heterocycles. The van der Waals surface area contributed by atoms with Crippen molar-refractivity contribution in [2.24, 2.45) is 0 Å². The molecule has 0 fully saturated rings. The Balaban J connectivity index is 0.00000147. The van der Waals surface area contributed by atoms with Crippen molar-refractivity contribution in [1.29, 1.82) is 0 Å². The van der Waals surface area contributed by atoms with Gasteiger partial charge in [-0.2, -0.15) is 0 Å². The molecule has 108 valence electrons. The van der Waals surface area contributed by atoms with Crippen molar-refractivity contribution in [3.8, 4) is 0 Å². The first-order chi connectivity index (χ1) is 9.25.